The van der Waals surface area contributed by atoms with Crippen molar-refractivity contribution in [2.75, 3.05) is 6.61 Å². The van der Waals surface area contributed by atoms with Crippen LogP contribution in [0.15, 0.2) is 47.3 Å². The lowest BCUT2D eigenvalue weighted by Gasteiger charge is -2.52. The summed E-state index contributed by atoms with van der Waals surface area (Å²) in [6, 6.07) is -0.997. The first-order valence-electron chi connectivity index (χ1n) is 11.7. The highest BCUT2D eigenvalue weighted by Gasteiger charge is 2.54. The molecule has 1 aliphatic heterocycles. The van der Waals surface area contributed by atoms with Gasteiger partial charge in [-0.25, -0.2) is 0 Å². The molecule has 6 nitrogen and oxygen atoms in total. The molecule has 1 amide bonds. The Morgan fingerprint density at radius 3 is 2.66 bits per heavy atom. The Bertz CT molecular complexity index is 867. The summed E-state index contributed by atoms with van der Waals surface area (Å²) in [6.07, 6.45) is 13.1. The molecule has 3 rings (SSSR count). The van der Waals surface area contributed by atoms with Crippen LogP contribution < -0.4 is 5.32 Å². The van der Waals surface area contributed by atoms with E-state index in [4.69, 9.17) is 0 Å². The number of allylic oxidation sites excluding steroid dienone is 6. The second kappa shape index (κ2) is 9.75. The van der Waals surface area contributed by atoms with Gasteiger partial charge < -0.3 is 20.6 Å². The van der Waals surface area contributed by atoms with E-state index < -0.39 is 35.9 Å². The van der Waals surface area contributed by atoms with Crippen molar-refractivity contribution in [3.05, 3.63) is 47.3 Å². The van der Waals surface area contributed by atoms with E-state index in [2.05, 4.69) is 18.3 Å². The molecule has 0 spiro atoms. The minimum Gasteiger partial charge on any atom is -0.511 e. The molecule has 3 aliphatic rings. The smallest absolute Gasteiger partial charge is 0.259 e. The highest BCUT2D eigenvalue weighted by molar-refractivity contribution is 6.27. The number of ketones is 1. The number of nitrogens with one attached hydrogen (secondary N) is 1. The normalized spacial score (nSPS) is 38.1. The highest BCUT2D eigenvalue weighted by Crippen LogP contribution is 2.57. The molecular weight excluding hydrogens is 406 g/mol. The van der Waals surface area contributed by atoms with Crippen LogP contribution in [-0.4, -0.2) is 45.8 Å². The Balaban J connectivity index is 2.08. The molecule has 1 saturated carbocycles. The zero-order chi connectivity index (χ0) is 23.6. The fourth-order valence-corrected chi connectivity index (χ4v) is 5.91. The van der Waals surface area contributed by atoms with Crippen LogP contribution in [-0.2, 0) is 9.59 Å². The molecule has 0 radical (unpaired) electrons. The Morgan fingerprint density at radius 1 is 1.31 bits per heavy atom. The van der Waals surface area contributed by atoms with Gasteiger partial charge in [-0.1, -0.05) is 56.2 Å². The molecule has 176 valence electrons. The van der Waals surface area contributed by atoms with Crippen LogP contribution in [0.4, 0.5) is 0 Å². The van der Waals surface area contributed by atoms with Gasteiger partial charge in [0.1, 0.15) is 17.4 Å². The highest BCUT2D eigenvalue weighted by atomic mass is 16.3. The van der Waals surface area contributed by atoms with E-state index in [0.29, 0.717) is 12.3 Å². The zero-order valence-corrected chi connectivity index (χ0v) is 19.5. The van der Waals surface area contributed by atoms with E-state index in [1.165, 1.54) is 0 Å². The molecule has 2 aliphatic carbocycles. The predicted octanol–water partition coefficient (Wildman–Crippen LogP) is 3.38. The van der Waals surface area contributed by atoms with Crippen molar-refractivity contribution in [3.63, 3.8) is 0 Å². The summed E-state index contributed by atoms with van der Waals surface area (Å²) in [4.78, 5) is 25.4. The van der Waals surface area contributed by atoms with E-state index in [0.717, 1.165) is 24.8 Å². The van der Waals surface area contributed by atoms with Crippen molar-refractivity contribution in [2.45, 2.75) is 65.5 Å². The third-order valence-electron chi connectivity index (χ3n) is 7.60. The summed E-state index contributed by atoms with van der Waals surface area (Å²) in [5.74, 6) is -0.533. The topological polar surface area (TPSA) is 107 Å². The first kappa shape index (κ1) is 24.5. The van der Waals surface area contributed by atoms with Gasteiger partial charge >= 0.3 is 0 Å². The molecule has 32 heavy (non-hydrogen) atoms. The lowest BCUT2D eigenvalue weighted by atomic mass is 9.52. The molecule has 1 heterocycles. The molecule has 4 N–H and O–H groups in total. The van der Waals surface area contributed by atoms with Crippen LogP contribution in [0.3, 0.4) is 0 Å². The maximum atomic E-state index is 12.8. The number of carbonyl (C=O) groups excluding carboxylic acids is 2. The van der Waals surface area contributed by atoms with Crippen LogP contribution in [0, 0.1) is 29.1 Å². The van der Waals surface area contributed by atoms with Crippen LogP contribution >= 0.6 is 0 Å². The second-order valence-electron chi connectivity index (χ2n) is 10.1. The number of aliphatic hydroxyl groups is 3. The summed E-state index contributed by atoms with van der Waals surface area (Å²) in [5, 5.41) is 33.0. The van der Waals surface area contributed by atoms with Gasteiger partial charge in [0, 0.05) is 11.3 Å². The van der Waals surface area contributed by atoms with Gasteiger partial charge in [-0.3, -0.25) is 9.59 Å². The molecule has 2 fully saturated rings. The van der Waals surface area contributed by atoms with Gasteiger partial charge in [0.2, 0.25) is 0 Å². The summed E-state index contributed by atoms with van der Waals surface area (Å²) >= 11 is 0. The van der Waals surface area contributed by atoms with Crippen LogP contribution in [0.1, 0.15) is 53.4 Å². The minimum atomic E-state index is -0.997. The maximum Gasteiger partial charge on any atom is 0.259 e. The van der Waals surface area contributed by atoms with E-state index in [1.807, 2.05) is 38.2 Å². The Labute approximate surface area is 190 Å². The van der Waals surface area contributed by atoms with Gasteiger partial charge in [0.05, 0.1) is 12.7 Å². The molecule has 0 aromatic heterocycles. The van der Waals surface area contributed by atoms with E-state index in [1.54, 1.807) is 6.92 Å². The Morgan fingerprint density at radius 2 is 2.03 bits per heavy atom. The van der Waals surface area contributed by atoms with Crippen molar-refractivity contribution < 1.29 is 24.9 Å². The molecule has 0 aromatic carbocycles. The van der Waals surface area contributed by atoms with E-state index >= 15 is 0 Å². The summed E-state index contributed by atoms with van der Waals surface area (Å²) in [6.45, 7) is 7.51. The molecule has 0 unspecified atom stereocenters. The van der Waals surface area contributed by atoms with Crippen LogP contribution in [0.5, 0.6) is 0 Å². The molecular formula is C26H37NO5. The Hall–Kier alpha value is -2.18. The third kappa shape index (κ3) is 4.48. The number of carbonyl (C=O) groups is 2. The third-order valence-corrected chi connectivity index (χ3v) is 7.60. The van der Waals surface area contributed by atoms with Crippen molar-refractivity contribution in [3.8, 4) is 0 Å². The molecule has 0 aromatic rings. The number of amides is 1. The lowest BCUT2D eigenvalue weighted by molar-refractivity contribution is -0.118. The molecule has 1 saturated heterocycles. The first-order chi connectivity index (χ1) is 15.1. The van der Waals surface area contributed by atoms with Crippen molar-refractivity contribution in [1.82, 2.24) is 5.32 Å². The van der Waals surface area contributed by atoms with Crippen molar-refractivity contribution >= 4 is 11.7 Å². The molecule has 6 heteroatoms. The largest absolute Gasteiger partial charge is 0.511 e. The maximum absolute atomic E-state index is 12.8. The summed E-state index contributed by atoms with van der Waals surface area (Å²) in [5.41, 5.74) is 0.0895. The summed E-state index contributed by atoms with van der Waals surface area (Å²) < 4.78 is 0. The van der Waals surface area contributed by atoms with E-state index in [-0.39, 0.29) is 29.1 Å². The molecule has 7 atom stereocenters. The van der Waals surface area contributed by atoms with Gasteiger partial charge in [-0.15, -0.1) is 0 Å². The zero-order valence-electron chi connectivity index (χ0n) is 19.5. The quantitative estimate of drug-likeness (QED) is 0.166. The number of Topliss-reactive ketones (excluding diaryl/α,β-unsaturated/α-hetero) is 1. The lowest BCUT2D eigenvalue weighted by Crippen LogP contribution is -2.46. The van der Waals surface area contributed by atoms with Crippen LogP contribution in [0.25, 0.3) is 0 Å². The van der Waals surface area contributed by atoms with Gasteiger partial charge in [-0.05, 0) is 50.9 Å². The Kier molecular flexibility index (Phi) is 7.46. The van der Waals surface area contributed by atoms with Crippen molar-refractivity contribution in [2.24, 2.45) is 29.1 Å². The van der Waals surface area contributed by atoms with Gasteiger partial charge in [-0.2, -0.15) is 0 Å². The van der Waals surface area contributed by atoms with Crippen molar-refractivity contribution in [1.29, 1.82) is 0 Å². The fourth-order valence-electron chi connectivity index (χ4n) is 5.91. The second-order valence-corrected chi connectivity index (χ2v) is 10.1. The monoisotopic (exact) mass is 443 g/mol. The fraction of sp³-hybridized carbons (Fsp3) is 0.615. The summed E-state index contributed by atoms with van der Waals surface area (Å²) in [7, 11) is 0. The first-order valence-corrected chi connectivity index (χ1v) is 11.7. The van der Waals surface area contributed by atoms with Gasteiger partial charge in [0.15, 0.2) is 5.78 Å². The SMILES string of the molecule is CC1=C[C@@H]2C[C@@H](C)CC[C@@H]2[C@@](C)(C(O)=C2C(=O)N[C@H](CO)C2=O)[C@@H]1/C=C/C=C/C[C@@H](C)O. The number of aliphatic hydroxyl groups excluding tert-OH is 3. The average molecular weight is 444 g/mol. The standard InChI is InChI=1S/C26H37NO5/c1-15-10-11-20-18(12-15)13-16(2)19(9-7-5-6-8-17(3)29)26(20,4)24(31)22-23(30)21(14-28)27-25(22)32/h5-7,9,13,15,17-21,28-29,31H,8,10-12,14H2,1-4H3,(H,27,32)/b6-5+,9-7+,24-22?/t15-,17+,18-,19+,20-,21+,26-/m0/s1. The minimum absolute atomic E-state index is 0.0970. The number of hydrogen-bond donors (Lipinski definition) is 4. The van der Waals surface area contributed by atoms with E-state index in [9.17, 15) is 24.9 Å². The molecule has 0 bridgehead atoms. The number of fused-ring (bicyclic) bond motifs is 1. The average Bonchev–Trinajstić information content (AvgIpc) is 3.01. The predicted molar refractivity (Wildman–Crippen MR) is 124 cm³/mol. The van der Waals surface area contributed by atoms with Crippen LogP contribution in [0.2, 0.25) is 0 Å². The number of hydrogen-bond acceptors (Lipinski definition) is 5. The number of rotatable bonds is 6. The van der Waals surface area contributed by atoms with Gasteiger partial charge in [0.25, 0.3) is 5.91 Å².